The summed E-state index contributed by atoms with van der Waals surface area (Å²) in [5.41, 5.74) is 1.77. The fourth-order valence-corrected chi connectivity index (χ4v) is 4.37. The number of fused-ring (bicyclic) bond motifs is 1. The van der Waals surface area contributed by atoms with Crippen molar-refractivity contribution in [2.24, 2.45) is 5.92 Å². The van der Waals surface area contributed by atoms with E-state index in [0.717, 1.165) is 32.0 Å². The third-order valence-corrected chi connectivity index (χ3v) is 6.21. The monoisotopic (exact) mass is 479 g/mol. The number of nitrogens with one attached hydrogen (secondary N) is 2. The number of aromatic nitrogens is 3. The first kappa shape index (κ1) is 23.0. The molecule has 0 unspecified atom stereocenters. The lowest BCUT2D eigenvalue weighted by molar-refractivity contribution is 0.389. The zero-order valence-electron chi connectivity index (χ0n) is 18.9. The molecule has 0 atom stereocenters. The maximum Gasteiger partial charge on any atom is 0.295 e. The van der Waals surface area contributed by atoms with Gasteiger partial charge in [-0.1, -0.05) is 0 Å². The number of anilines is 1. The van der Waals surface area contributed by atoms with E-state index < -0.39 is 17.2 Å². The second kappa shape index (κ2) is 9.87. The van der Waals surface area contributed by atoms with Crippen LogP contribution in [0.4, 0.5) is 19.0 Å². The SMILES string of the molecule is O=c1c(NCC2CCNCC2)nc2ccc(-c3ccc(F)cc3)nc2n1Cc1cc(F)cc(F)c1. The average Bonchev–Trinajstić information content (AvgIpc) is 2.85. The van der Waals surface area contributed by atoms with Gasteiger partial charge in [-0.2, -0.15) is 0 Å². The van der Waals surface area contributed by atoms with Gasteiger partial charge in [0.25, 0.3) is 5.56 Å². The number of hydrogen-bond acceptors (Lipinski definition) is 5. The van der Waals surface area contributed by atoms with Crippen LogP contribution in [0.15, 0.2) is 59.4 Å². The minimum atomic E-state index is -0.726. The van der Waals surface area contributed by atoms with E-state index in [4.69, 9.17) is 0 Å². The maximum atomic E-state index is 13.9. The highest BCUT2D eigenvalue weighted by Crippen LogP contribution is 2.22. The van der Waals surface area contributed by atoms with Gasteiger partial charge in [-0.3, -0.25) is 9.36 Å². The summed E-state index contributed by atoms with van der Waals surface area (Å²) in [6, 6.07) is 12.5. The molecule has 0 saturated carbocycles. The molecule has 35 heavy (non-hydrogen) atoms. The average molecular weight is 480 g/mol. The van der Waals surface area contributed by atoms with E-state index in [2.05, 4.69) is 20.6 Å². The number of piperidine rings is 1. The van der Waals surface area contributed by atoms with Crippen molar-refractivity contribution in [2.45, 2.75) is 19.4 Å². The number of benzene rings is 2. The molecule has 2 N–H and O–H groups in total. The fraction of sp³-hybridized carbons (Fsp3) is 0.269. The molecular weight excluding hydrogens is 455 g/mol. The van der Waals surface area contributed by atoms with Gasteiger partial charge in [-0.05, 0) is 85.9 Å². The quantitative estimate of drug-likeness (QED) is 0.431. The van der Waals surface area contributed by atoms with Gasteiger partial charge in [0, 0.05) is 18.2 Å². The molecule has 2 aromatic heterocycles. The molecule has 0 spiro atoms. The Morgan fingerprint density at radius 3 is 2.34 bits per heavy atom. The zero-order chi connectivity index (χ0) is 24.4. The van der Waals surface area contributed by atoms with Crippen LogP contribution < -0.4 is 16.2 Å². The topological polar surface area (TPSA) is 71.8 Å². The molecule has 0 amide bonds. The lowest BCUT2D eigenvalue weighted by atomic mass is 9.98. The lowest BCUT2D eigenvalue weighted by Gasteiger charge is -2.23. The van der Waals surface area contributed by atoms with E-state index in [-0.39, 0.29) is 29.4 Å². The maximum absolute atomic E-state index is 13.9. The third kappa shape index (κ3) is 5.19. The number of rotatable bonds is 6. The highest BCUT2D eigenvalue weighted by Gasteiger charge is 2.17. The molecule has 1 aliphatic heterocycles. The van der Waals surface area contributed by atoms with Gasteiger partial charge in [0.15, 0.2) is 11.5 Å². The molecule has 2 aromatic carbocycles. The van der Waals surface area contributed by atoms with Crippen molar-refractivity contribution >= 4 is 17.0 Å². The minimum absolute atomic E-state index is 0.0889. The Balaban J connectivity index is 1.58. The van der Waals surface area contributed by atoms with Gasteiger partial charge < -0.3 is 10.6 Å². The second-order valence-electron chi connectivity index (χ2n) is 8.75. The standard InChI is InChI=1S/C26H24F3N5O/c27-19-3-1-18(2-4-19)22-5-6-23-25(33-22)34(15-17-11-20(28)13-21(29)12-17)26(35)24(32-23)31-14-16-7-9-30-10-8-16/h1-6,11-13,16,30H,7-10,14-15H2,(H,31,32). The van der Waals surface area contributed by atoms with Crippen molar-refractivity contribution in [1.29, 1.82) is 0 Å². The van der Waals surface area contributed by atoms with Crippen LogP contribution in [0.25, 0.3) is 22.4 Å². The fourth-order valence-electron chi connectivity index (χ4n) is 4.37. The van der Waals surface area contributed by atoms with Crippen LogP contribution in [0.3, 0.4) is 0 Å². The second-order valence-corrected chi connectivity index (χ2v) is 8.75. The van der Waals surface area contributed by atoms with Crippen molar-refractivity contribution in [3.05, 3.63) is 88.0 Å². The van der Waals surface area contributed by atoms with Gasteiger partial charge in [0.1, 0.15) is 23.0 Å². The van der Waals surface area contributed by atoms with Crippen LogP contribution in [0, 0.1) is 23.4 Å². The molecule has 180 valence electrons. The molecule has 1 saturated heterocycles. The summed E-state index contributed by atoms with van der Waals surface area (Å²) in [6.45, 7) is 2.38. The molecule has 5 rings (SSSR count). The van der Waals surface area contributed by atoms with Crippen LogP contribution in [0.5, 0.6) is 0 Å². The van der Waals surface area contributed by atoms with Crippen LogP contribution in [-0.2, 0) is 6.54 Å². The molecular formula is C26H24F3N5O. The zero-order valence-corrected chi connectivity index (χ0v) is 18.9. The predicted octanol–water partition coefficient (Wildman–Crippen LogP) is 4.34. The summed E-state index contributed by atoms with van der Waals surface area (Å²) in [5, 5.41) is 6.50. The van der Waals surface area contributed by atoms with Crippen molar-refractivity contribution < 1.29 is 13.2 Å². The van der Waals surface area contributed by atoms with E-state index in [1.54, 1.807) is 24.3 Å². The van der Waals surface area contributed by atoms with Crippen LogP contribution in [-0.4, -0.2) is 34.2 Å². The summed E-state index contributed by atoms with van der Waals surface area (Å²) in [6.07, 6.45) is 2.00. The summed E-state index contributed by atoms with van der Waals surface area (Å²) in [7, 11) is 0. The van der Waals surface area contributed by atoms with Gasteiger partial charge in [-0.25, -0.2) is 23.1 Å². The van der Waals surface area contributed by atoms with Gasteiger partial charge >= 0.3 is 0 Å². The van der Waals surface area contributed by atoms with Gasteiger partial charge in [-0.15, -0.1) is 0 Å². The summed E-state index contributed by atoms with van der Waals surface area (Å²) in [5.74, 6) is -1.24. The molecule has 0 aliphatic carbocycles. The van der Waals surface area contributed by atoms with Crippen molar-refractivity contribution in [1.82, 2.24) is 19.9 Å². The summed E-state index contributed by atoms with van der Waals surface area (Å²) >= 11 is 0. The first-order valence-corrected chi connectivity index (χ1v) is 11.5. The predicted molar refractivity (Wildman–Crippen MR) is 129 cm³/mol. The van der Waals surface area contributed by atoms with Crippen LogP contribution >= 0.6 is 0 Å². The normalized spacial score (nSPS) is 14.4. The van der Waals surface area contributed by atoms with Crippen LogP contribution in [0.2, 0.25) is 0 Å². The lowest BCUT2D eigenvalue weighted by Crippen LogP contribution is -2.33. The van der Waals surface area contributed by atoms with Crippen molar-refractivity contribution in [2.75, 3.05) is 25.0 Å². The van der Waals surface area contributed by atoms with Crippen molar-refractivity contribution in [3.63, 3.8) is 0 Å². The molecule has 1 fully saturated rings. The molecule has 9 heteroatoms. The van der Waals surface area contributed by atoms with Crippen molar-refractivity contribution in [3.8, 4) is 11.3 Å². The Kier molecular flexibility index (Phi) is 6.50. The molecule has 0 radical (unpaired) electrons. The largest absolute Gasteiger partial charge is 0.365 e. The minimum Gasteiger partial charge on any atom is -0.365 e. The number of halogens is 3. The third-order valence-electron chi connectivity index (χ3n) is 6.21. The molecule has 1 aliphatic rings. The Morgan fingerprint density at radius 1 is 0.914 bits per heavy atom. The van der Waals surface area contributed by atoms with E-state index in [0.29, 0.717) is 29.2 Å². The van der Waals surface area contributed by atoms with Crippen LogP contribution in [0.1, 0.15) is 18.4 Å². The van der Waals surface area contributed by atoms with Gasteiger partial charge in [0.2, 0.25) is 0 Å². The number of nitrogens with zero attached hydrogens (tertiary/aromatic N) is 3. The van der Waals surface area contributed by atoms with E-state index >= 15 is 0 Å². The Bertz CT molecular complexity index is 1400. The highest BCUT2D eigenvalue weighted by molar-refractivity contribution is 5.76. The summed E-state index contributed by atoms with van der Waals surface area (Å²) < 4.78 is 42.5. The summed E-state index contributed by atoms with van der Waals surface area (Å²) in [4.78, 5) is 22.6. The first-order chi connectivity index (χ1) is 17.0. The molecule has 4 aromatic rings. The van der Waals surface area contributed by atoms with Gasteiger partial charge in [0.05, 0.1) is 12.2 Å². The molecule has 6 nitrogen and oxygen atoms in total. The number of pyridine rings is 1. The highest BCUT2D eigenvalue weighted by atomic mass is 19.1. The Morgan fingerprint density at radius 2 is 1.63 bits per heavy atom. The Hall–Kier alpha value is -3.72. The molecule has 3 heterocycles. The smallest absolute Gasteiger partial charge is 0.295 e. The van der Waals surface area contributed by atoms with E-state index in [1.807, 2.05) is 0 Å². The Labute approximate surface area is 199 Å². The van der Waals surface area contributed by atoms with E-state index in [1.165, 1.54) is 28.8 Å². The molecule has 0 bridgehead atoms. The first-order valence-electron chi connectivity index (χ1n) is 11.5. The number of hydrogen-bond donors (Lipinski definition) is 2. The van der Waals surface area contributed by atoms with E-state index in [9.17, 15) is 18.0 Å².